The summed E-state index contributed by atoms with van der Waals surface area (Å²) in [5, 5.41) is 3.34. The lowest BCUT2D eigenvalue weighted by atomic mass is 10.1. The second-order valence-corrected chi connectivity index (χ2v) is 4.88. The molecule has 0 aliphatic carbocycles. The van der Waals surface area contributed by atoms with Crippen LogP contribution in [0.3, 0.4) is 0 Å². The number of methoxy groups -OCH3 is 1. The molecular formula is C14H18BrNO2. The zero-order chi connectivity index (χ0) is 13.5. The van der Waals surface area contributed by atoms with Crippen LogP contribution in [0.15, 0.2) is 40.4 Å². The molecule has 0 saturated carbocycles. The first-order valence-electron chi connectivity index (χ1n) is 5.79. The van der Waals surface area contributed by atoms with Crippen molar-refractivity contribution in [1.29, 1.82) is 0 Å². The average Bonchev–Trinajstić information content (AvgIpc) is 2.37. The summed E-state index contributed by atoms with van der Waals surface area (Å²) in [6.45, 7) is 4.46. The van der Waals surface area contributed by atoms with E-state index in [1.54, 1.807) is 6.92 Å². The largest absolute Gasteiger partial charge is 0.466 e. The summed E-state index contributed by atoms with van der Waals surface area (Å²) in [5.41, 5.74) is 1.81. The van der Waals surface area contributed by atoms with Gasteiger partial charge in [0.05, 0.1) is 7.11 Å². The van der Waals surface area contributed by atoms with Gasteiger partial charge in [-0.25, -0.2) is 4.79 Å². The van der Waals surface area contributed by atoms with Gasteiger partial charge in [-0.1, -0.05) is 40.2 Å². The quantitative estimate of drug-likeness (QED) is 0.670. The lowest BCUT2D eigenvalue weighted by Gasteiger charge is -2.14. The van der Waals surface area contributed by atoms with Crippen molar-refractivity contribution in [1.82, 2.24) is 5.32 Å². The van der Waals surface area contributed by atoms with Crippen molar-refractivity contribution < 1.29 is 9.53 Å². The molecule has 0 amide bonds. The van der Waals surface area contributed by atoms with Crippen LogP contribution in [0.2, 0.25) is 0 Å². The summed E-state index contributed by atoms with van der Waals surface area (Å²) in [7, 11) is 1.39. The zero-order valence-corrected chi connectivity index (χ0v) is 12.5. The fourth-order valence-corrected chi connectivity index (χ4v) is 2.20. The first-order valence-corrected chi connectivity index (χ1v) is 6.58. The molecule has 0 radical (unpaired) electrons. The van der Waals surface area contributed by atoms with Gasteiger partial charge in [-0.3, -0.25) is 0 Å². The van der Waals surface area contributed by atoms with Crippen LogP contribution in [0.25, 0.3) is 0 Å². The first-order chi connectivity index (χ1) is 8.56. The van der Waals surface area contributed by atoms with E-state index >= 15 is 0 Å². The molecule has 1 atom stereocenters. The van der Waals surface area contributed by atoms with E-state index in [0.717, 1.165) is 4.47 Å². The van der Waals surface area contributed by atoms with Crippen LogP contribution in [0.5, 0.6) is 0 Å². The molecule has 0 unspecified atom stereocenters. The maximum absolute atomic E-state index is 11.2. The number of nitrogens with one attached hydrogen (secondary N) is 1. The molecule has 1 aromatic carbocycles. The van der Waals surface area contributed by atoms with Gasteiger partial charge in [-0.15, -0.1) is 0 Å². The van der Waals surface area contributed by atoms with Gasteiger partial charge in [0.2, 0.25) is 0 Å². The summed E-state index contributed by atoms with van der Waals surface area (Å²) in [6.07, 6.45) is 1.83. The number of carbonyl (C=O) groups is 1. The lowest BCUT2D eigenvalue weighted by molar-refractivity contribution is -0.136. The molecule has 0 aromatic heterocycles. The Balaban J connectivity index is 2.55. The van der Waals surface area contributed by atoms with E-state index < -0.39 is 0 Å². The number of halogens is 1. The van der Waals surface area contributed by atoms with E-state index in [2.05, 4.69) is 39.0 Å². The van der Waals surface area contributed by atoms with Gasteiger partial charge in [0, 0.05) is 22.6 Å². The highest BCUT2D eigenvalue weighted by atomic mass is 79.9. The Morgan fingerprint density at radius 1 is 1.50 bits per heavy atom. The predicted molar refractivity (Wildman–Crippen MR) is 76.3 cm³/mol. The van der Waals surface area contributed by atoms with Crippen LogP contribution in [-0.4, -0.2) is 19.6 Å². The Morgan fingerprint density at radius 2 is 2.17 bits per heavy atom. The Labute approximate surface area is 116 Å². The van der Waals surface area contributed by atoms with Crippen molar-refractivity contribution in [3.05, 3.63) is 46.0 Å². The molecule has 98 valence electrons. The van der Waals surface area contributed by atoms with Crippen LogP contribution in [0, 0.1) is 0 Å². The molecule has 0 fully saturated rings. The Kier molecular flexibility index (Phi) is 6.09. The summed E-state index contributed by atoms with van der Waals surface area (Å²) in [6, 6.07) is 8.29. The third kappa shape index (κ3) is 4.27. The smallest absolute Gasteiger partial charge is 0.333 e. The molecule has 1 N–H and O–H groups in total. The lowest BCUT2D eigenvalue weighted by Crippen LogP contribution is -2.19. The van der Waals surface area contributed by atoms with Gasteiger partial charge in [0.15, 0.2) is 0 Å². The van der Waals surface area contributed by atoms with Crippen LogP contribution in [0.4, 0.5) is 0 Å². The number of esters is 1. The normalized spacial score (nSPS) is 13.2. The second-order valence-electron chi connectivity index (χ2n) is 4.03. The van der Waals surface area contributed by atoms with Gasteiger partial charge < -0.3 is 10.1 Å². The highest BCUT2D eigenvalue weighted by molar-refractivity contribution is 9.10. The number of benzene rings is 1. The average molecular weight is 312 g/mol. The maximum atomic E-state index is 11.2. The number of ether oxygens (including phenoxy) is 1. The third-order valence-electron chi connectivity index (χ3n) is 2.71. The fraction of sp³-hybridized carbons (Fsp3) is 0.357. The van der Waals surface area contributed by atoms with Crippen molar-refractivity contribution >= 4 is 21.9 Å². The number of hydrogen-bond acceptors (Lipinski definition) is 3. The molecule has 3 nitrogen and oxygen atoms in total. The zero-order valence-electron chi connectivity index (χ0n) is 10.9. The van der Waals surface area contributed by atoms with Crippen molar-refractivity contribution in [3.8, 4) is 0 Å². The van der Waals surface area contributed by atoms with Gasteiger partial charge in [0.1, 0.15) is 0 Å². The molecular weight excluding hydrogens is 294 g/mol. The number of hydrogen-bond donors (Lipinski definition) is 1. The Morgan fingerprint density at radius 3 is 2.78 bits per heavy atom. The number of carbonyl (C=O) groups excluding carboxylic acids is 1. The van der Waals surface area contributed by atoms with E-state index in [-0.39, 0.29) is 12.0 Å². The van der Waals surface area contributed by atoms with Gasteiger partial charge >= 0.3 is 5.97 Å². The van der Waals surface area contributed by atoms with Gasteiger partial charge in [-0.05, 0) is 25.5 Å². The first kappa shape index (κ1) is 14.9. The summed E-state index contributed by atoms with van der Waals surface area (Å²) in [4.78, 5) is 11.2. The molecule has 0 bridgehead atoms. The maximum Gasteiger partial charge on any atom is 0.333 e. The monoisotopic (exact) mass is 311 g/mol. The molecule has 0 aliphatic rings. The van der Waals surface area contributed by atoms with E-state index in [4.69, 9.17) is 0 Å². The van der Waals surface area contributed by atoms with E-state index in [1.165, 1.54) is 12.7 Å². The SMILES string of the molecule is COC(=O)/C(C)=C/CN[C@H](C)c1ccccc1Br. The highest BCUT2D eigenvalue weighted by Gasteiger charge is 2.07. The summed E-state index contributed by atoms with van der Waals surface area (Å²) >= 11 is 3.52. The van der Waals surface area contributed by atoms with Crippen molar-refractivity contribution in [2.45, 2.75) is 19.9 Å². The fourth-order valence-electron chi connectivity index (χ4n) is 1.57. The highest BCUT2D eigenvalue weighted by Crippen LogP contribution is 2.22. The second kappa shape index (κ2) is 7.34. The third-order valence-corrected chi connectivity index (χ3v) is 3.43. The van der Waals surface area contributed by atoms with Crippen molar-refractivity contribution in [3.63, 3.8) is 0 Å². The van der Waals surface area contributed by atoms with Crippen molar-refractivity contribution in [2.24, 2.45) is 0 Å². The van der Waals surface area contributed by atoms with E-state index in [0.29, 0.717) is 12.1 Å². The molecule has 0 heterocycles. The molecule has 18 heavy (non-hydrogen) atoms. The predicted octanol–water partition coefficient (Wildman–Crippen LogP) is 3.22. The molecule has 1 aromatic rings. The Bertz CT molecular complexity index is 443. The van der Waals surface area contributed by atoms with Gasteiger partial charge in [0.25, 0.3) is 0 Å². The summed E-state index contributed by atoms with van der Waals surface area (Å²) < 4.78 is 5.71. The number of rotatable bonds is 5. The minimum Gasteiger partial charge on any atom is -0.466 e. The standard InChI is InChI=1S/C14H18BrNO2/c1-10(14(17)18-3)8-9-16-11(2)12-6-4-5-7-13(12)15/h4-8,11,16H,9H2,1-3H3/b10-8+/t11-/m1/s1. The van der Waals surface area contributed by atoms with E-state index in [1.807, 2.05) is 24.3 Å². The minimum absolute atomic E-state index is 0.210. The molecule has 0 aliphatic heterocycles. The van der Waals surface area contributed by atoms with Crippen LogP contribution in [0.1, 0.15) is 25.5 Å². The van der Waals surface area contributed by atoms with Crippen LogP contribution >= 0.6 is 15.9 Å². The van der Waals surface area contributed by atoms with Crippen LogP contribution < -0.4 is 5.32 Å². The summed E-state index contributed by atoms with van der Waals surface area (Å²) in [5.74, 6) is -0.287. The minimum atomic E-state index is -0.287. The van der Waals surface area contributed by atoms with Crippen LogP contribution in [-0.2, 0) is 9.53 Å². The molecule has 4 heteroatoms. The van der Waals surface area contributed by atoms with Gasteiger partial charge in [-0.2, -0.15) is 0 Å². The Hall–Kier alpha value is -1.13. The topological polar surface area (TPSA) is 38.3 Å². The molecule has 1 rings (SSSR count). The van der Waals surface area contributed by atoms with E-state index in [9.17, 15) is 4.79 Å². The molecule has 0 spiro atoms. The van der Waals surface area contributed by atoms with Crippen molar-refractivity contribution in [2.75, 3.05) is 13.7 Å². The molecule has 0 saturated heterocycles.